The molecule has 1 heterocycles. The maximum atomic E-state index is 12.4. The largest absolute Gasteiger partial charge is 0.460 e. The highest BCUT2D eigenvalue weighted by Gasteiger charge is 2.34. The van der Waals surface area contributed by atoms with Crippen LogP contribution in [0.2, 0.25) is 0 Å². The zero-order valence-electron chi connectivity index (χ0n) is 12.4. The molecule has 0 bridgehead atoms. The molecule has 4 nitrogen and oxygen atoms in total. The first kappa shape index (κ1) is 14.9. The van der Waals surface area contributed by atoms with Crippen molar-refractivity contribution >= 4 is 17.5 Å². The first-order chi connectivity index (χ1) is 11.3. The number of ketones is 1. The third-order valence-electron chi connectivity index (χ3n) is 3.54. The molecule has 0 aromatic heterocycles. The number of rotatable bonds is 4. The van der Waals surface area contributed by atoms with Gasteiger partial charge in [-0.3, -0.25) is 14.6 Å². The van der Waals surface area contributed by atoms with E-state index in [1.54, 1.807) is 0 Å². The quantitative estimate of drug-likeness (QED) is 0.644. The second-order valence-electron chi connectivity index (χ2n) is 5.12. The van der Waals surface area contributed by atoms with Gasteiger partial charge in [-0.25, -0.2) is 0 Å². The highest BCUT2D eigenvalue weighted by Crippen LogP contribution is 2.18. The van der Waals surface area contributed by atoms with E-state index in [0.29, 0.717) is 5.71 Å². The van der Waals surface area contributed by atoms with E-state index in [-0.39, 0.29) is 12.4 Å². The lowest BCUT2D eigenvalue weighted by Crippen LogP contribution is -2.34. The van der Waals surface area contributed by atoms with E-state index < -0.39 is 11.9 Å². The Morgan fingerprint density at radius 2 is 1.65 bits per heavy atom. The van der Waals surface area contributed by atoms with Crippen molar-refractivity contribution in [2.24, 2.45) is 10.9 Å². The Labute approximate surface area is 134 Å². The van der Waals surface area contributed by atoms with Crippen molar-refractivity contribution in [2.75, 3.05) is 0 Å². The van der Waals surface area contributed by atoms with E-state index >= 15 is 0 Å². The molecule has 1 unspecified atom stereocenters. The molecular weight excluding hydrogens is 290 g/mol. The molecule has 0 saturated carbocycles. The number of nitrogens with zero attached hydrogens (tertiary/aromatic N) is 1. The molecule has 4 heteroatoms. The molecule has 1 aliphatic rings. The Morgan fingerprint density at radius 3 is 2.35 bits per heavy atom. The molecule has 1 atom stereocenters. The molecule has 2 aromatic rings. The number of carbonyl (C=O) groups is 2. The van der Waals surface area contributed by atoms with Crippen LogP contribution in [-0.4, -0.2) is 17.5 Å². The molecule has 0 amide bonds. The van der Waals surface area contributed by atoms with Crippen LogP contribution >= 0.6 is 0 Å². The predicted molar refractivity (Wildman–Crippen MR) is 86.9 cm³/mol. The van der Waals surface area contributed by atoms with Gasteiger partial charge in [-0.05, 0) is 11.1 Å². The van der Waals surface area contributed by atoms with Gasteiger partial charge in [0.1, 0.15) is 6.61 Å². The summed E-state index contributed by atoms with van der Waals surface area (Å²) in [6.45, 7) is 0.134. The average molecular weight is 305 g/mol. The number of esters is 1. The summed E-state index contributed by atoms with van der Waals surface area (Å²) >= 11 is 0. The minimum atomic E-state index is -1.01. The fourth-order valence-corrected chi connectivity index (χ4v) is 2.39. The summed E-state index contributed by atoms with van der Waals surface area (Å²) in [5, 5.41) is 0. The molecule has 0 radical (unpaired) electrons. The van der Waals surface area contributed by atoms with Crippen molar-refractivity contribution in [2.45, 2.75) is 6.61 Å². The molecule has 0 N–H and O–H groups in total. The molecule has 1 aliphatic heterocycles. The Hall–Kier alpha value is -3.01. The highest BCUT2D eigenvalue weighted by molar-refractivity contribution is 6.28. The highest BCUT2D eigenvalue weighted by atomic mass is 16.5. The standard InChI is InChI=1S/C19H15NO3/c21-16-11-12-20-18(15-9-5-2-6-10-15)17(16)19(22)23-13-14-7-3-1-4-8-14/h1-12,17H,13H2. The van der Waals surface area contributed by atoms with Crippen LogP contribution in [0.15, 0.2) is 77.9 Å². The van der Waals surface area contributed by atoms with Crippen LogP contribution in [0.4, 0.5) is 0 Å². The Balaban J connectivity index is 1.78. The predicted octanol–water partition coefficient (Wildman–Crippen LogP) is 2.93. The van der Waals surface area contributed by atoms with Gasteiger partial charge in [-0.2, -0.15) is 0 Å². The number of hydrogen-bond acceptors (Lipinski definition) is 4. The maximum Gasteiger partial charge on any atom is 0.323 e. The number of ether oxygens (including phenoxy) is 1. The lowest BCUT2D eigenvalue weighted by molar-refractivity contribution is -0.149. The fraction of sp³-hybridized carbons (Fsp3) is 0.105. The minimum Gasteiger partial charge on any atom is -0.460 e. The van der Waals surface area contributed by atoms with Crippen LogP contribution in [0.1, 0.15) is 11.1 Å². The summed E-state index contributed by atoms with van der Waals surface area (Å²) in [6.07, 6.45) is 2.73. The van der Waals surface area contributed by atoms with Crippen LogP contribution < -0.4 is 0 Å². The van der Waals surface area contributed by atoms with Crippen molar-refractivity contribution in [3.8, 4) is 0 Å². The van der Waals surface area contributed by atoms with Gasteiger partial charge in [0.05, 0.1) is 5.71 Å². The maximum absolute atomic E-state index is 12.4. The van der Waals surface area contributed by atoms with E-state index in [2.05, 4.69) is 4.99 Å². The zero-order valence-corrected chi connectivity index (χ0v) is 12.4. The van der Waals surface area contributed by atoms with Gasteiger partial charge in [0.15, 0.2) is 11.7 Å². The molecule has 0 spiro atoms. The van der Waals surface area contributed by atoms with Crippen molar-refractivity contribution in [1.29, 1.82) is 0 Å². The average Bonchev–Trinajstić information content (AvgIpc) is 2.61. The van der Waals surface area contributed by atoms with Gasteiger partial charge in [0.2, 0.25) is 0 Å². The summed E-state index contributed by atoms with van der Waals surface area (Å²) in [5.74, 6) is -1.89. The first-order valence-corrected chi connectivity index (χ1v) is 7.30. The molecule has 3 rings (SSSR count). The smallest absolute Gasteiger partial charge is 0.323 e. The van der Waals surface area contributed by atoms with Crippen molar-refractivity contribution in [3.05, 3.63) is 84.1 Å². The van der Waals surface area contributed by atoms with Gasteiger partial charge in [-0.15, -0.1) is 0 Å². The van der Waals surface area contributed by atoms with Crippen LogP contribution in [0.3, 0.4) is 0 Å². The zero-order chi connectivity index (χ0) is 16.1. The number of allylic oxidation sites excluding steroid dienone is 1. The Morgan fingerprint density at radius 1 is 1.00 bits per heavy atom. The van der Waals surface area contributed by atoms with E-state index in [1.165, 1.54) is 12.3 Å². The number of benzene rings is 2. The lowest BCUT2D eigenvalue weighted by Gasteiger charge is -2.18. The van der Waals surface area contributed by atoms with Gasteiger partial charge < -0.3 is 4.74 Å². The normalized spacial score (nSPS) is 16.8. The van der Waals surface area contributed by atoms with Gasteiger partial charge in [0.25, 0.3) is 0 Å². The van der Waals surface area contributed by atoms with E-state index in [1.807, 2.05) is 60.7 Å². The van der Waals surface area contributed by atoms with Crippen molar-refractivity contribution in [3.63, 3.8) is 0 Å². The Bertz CT molecular complexity index is 764. The third-order valence-corrected chi connectivity index (χ3v) is 3.54. The number of aliphatic imine (C=N–C) groups is 1. The summed E-state index contributed by atoms with van der Waals surface area (Å²) < 4.78 is 5.32. The van der Waals surface area contributed by atoms with Crippen LogP contribution in [0.25, 0.3) is 0 Å². The first-order valence-electron chi connectivity index (χ1n) is 7.30. The van der Waals surface area contributed by atoms with Gasteiger partial charge >= 0.3 is 5.97 Å². The van der Waals surface area contributed by atoms with Crippen LogP contribution in [0.5, 0.6) is 0 Å². The molecule has 23 heavy (non-hydrogen) atoms. The van der Waals surface area contributed by atoms with Gasteiger partial charge in [0, 0.05) is 12.3 Å². The van der Waals surface area contributed by atoms with Crippen molar-refractivity contribution in [1.82, 2.24) is 0 Å². The number of carbonyl (C=O) groups excluding carboxylic acids is 2. The molecular formula is C19H15NO3. The molecule has 2 aromatic carbocycles. The van der Waals surface area contributed by atoms with Gasteiger partial charge in [-0.1, -0.05) is 60.7 Å². The minimum absolute atomic E-state index is 0.134. The summed E-state index contributed by atoms with van der Waals surface area (Å²) in [5.41, 5.74) is 2.04. The fourth-order valence-electron chi connectivity index (χ4n) is 2.39. The monoisotopic (exact) mass is 305 g/mol. The van der Waals surface area contributed by atoms with E-state index in [4.69, 9.17) is 4.74 Å². The lowest BCUT2D eigenvalue weighted by atomic mass is 9.91. The van der Waals surface area contributed by atoms with Crippen molar-refractivity contribution < 1.29 is 14.3 Å². The van der Waals surface area contributed by atoms with E-state index in [0.717, 1.165) is 11.1 Å². The Kier molecular flexibility index (Phi) is 4.43. The van der Waals surface area contributed by atoms with Crippen LogP contribution in [0, 0.1) is 5.92 Å². The van der Waals surface area contributed by atoms with E-state index in [9.17, 15) is 9.59 Å². The molecule has 114 valence electrons. The molecule has 0 saturated heterocycles. The SMILES string of the molecule is O=C1C=CN=C(c2ccccc2)C1C(=O)OCc1ccccc1. The molecule has 0 fully saturated rings. The summed E-state index contributed by atoms with van der Waals surface area (Å²) in [6, 6.07) is 18.5. The molecule has 0 aliphatic carbocycles. The second kappa shape index (κ2) is 6.83. The topological polar surface area (TPSA) is 55.7 Å². The second-order valence-corrected chi connectivity index (χ2v) is 5.12. The summed E-state index contributed by atoms with van der Waals surface area (Å²) in [4.78, 5) is 28.8. The number of hydrogen-bond donors (Lipinski definition) is 0. The van der Waals surface area contributed by atoms with Crippen LogP contribution in [-0.2, 0) is 20.9 Å². The summed E-state index contributed by atoms with van der Waals surface area (Å²) in [7, 11) is 0. The third kappa shape index (κ3) is 3.43.